The molecule has 2 saturated heterocycles. The monoisotopic (exact) mass is 753 g/mol. The molecule has 52 heavy (non-hydrogen) atoms. The van der Waals surface area contributed by atoms with Crippen LogP contribution < -0.4 is 4.74 Å². The SMILES string of the molecule is CCC[C@H]1N(C(=O)c2ncccc2C(F)(F)F)CCC[C@@]1(Oc1csc(C(F)(F)F)c1)C(=O)N1CCC(CCCCC(=O)O)(c2ccccc2)CC1. The fourth-order valence-electron chi connectivity index (χ4n) is 7.70. The third kappa shape index (κ3) is 8.39. The average molecular weight is 754 g/mol. The van der Waals surface area contributed by atoms with Crippen molar-refractivity contribution in [3.63, 3.8) is 0 Å². The third-order valence-corrected chi connectivity index (χ3v) is 11.2. The molecule has 3 aromatic rings. The number of halogens is 6. The fourth-order valence-corrected chi connectivity index (χ4v) is 8.37. The second-order valence-corrected chi connectivity index (χ2v) is 14.4. The summed E-state index contributed by atoms with van der Waals surface area (Å²) in [4.78, 5) is 45.8. The number of hydrogen-bond acceptors (Lipinski definition) is 6. The van der Waals surface area contributed by atoms with Crippen LogP contribution in [-0.4, -0.2) is 69.0 Å². The number of rotatable bonds is 12. The molecular formula is C37H41F6N3O5S. The summed E-state index contributed by atoms with van der Waals surface area (Å²) in [5.41, 5.74) is -3.29. The molecule has 2 fully saturated rings. The van der Waals surface area contributed by atoms with Gasteiger partial charge in [0.15, 0.2) is 0 Å². The minimum absolute atomic E-state index is 0.0132. The number of thiophene rings is 1. The normalized spacial score (nSPS) is 20.8. The number of carboxylic acids is 1. The molecule has 0 spiro atoms. The summed E-state index contributed by atoms with van der Waals surface area (Å²) in [6.45, 7) is 2.24. The zero-order valence-corrected chi connectivity index (χ0v) is 29.5. The van der Waals surface area contributed by atoms with Crippen LogP contribution in [0.1, 0.15) is 97.6 Å². The molecule has 2 atom stereocenters. The molecule has 15 heteroatoms. The van der Waals surface area contributed by atoms with E-state index >= 15 is 0 Å². The van der Waals surface area contributed by atoms with Gasteiger partial charge in [-0.15, -0.1) is 11.3 Å². The number of carboxylic acid groups (broad SMARTS) is 1. The van der Waals surface area contributed by atoms with Crippen molar-refractivity contribution in [1.29, 1.82) is 0 Å². The van der Waals surface area contributed by atoms with Crippen molar-refractivity contribution in [2.24, 2.45) is 0 Å². The number of carbonyl (C=O) groups is 3. The van der Waals surface area contributed by atoms with Crippen molar-refractivity contribution in [3.05, 3.63) is 81.8 Å². The number of nitrogens with zero attached hydrogens (tertiary/aromatic N) is 3. The lowest BCUT2D eigenvalue weighted by Crippen LogP contribution is -2.68. The van der Waals surface area contributed by atoms with E-state index in [1.165, 1.54) is 4.90 Å². The van der Waals surface area contributed by atoms with Gasteiger partial charge in [-0.1, -0.05) is 50.1 Å². The van der Waals surface area contributed by atoms with Crippen molar-refractivity contribution in [2.45, 2.75) is 101 Å². The van der Waals surface area contributed by atoms with Crippen molar-refractivity contribution in [1.82, 2.24) is 14.8 Å². The zero-order valence-electron chi connectivity index (χ0n) is 28.6. The molecule has 282 valence electrons. The average Bonchev–Trinajstić information content (AvgIpc) is 3.60. The first-order valence-electron chi connectivity index (χ1n) is 17.4. The molecular weight excluding hydrogens is 712 g/mol. The van der Waals surface area contributed by atoms with Crippen LogP contribution in [0.2, 0.25) is 0 Å². The van der Waals surface area contributed by atoms with Crippen molar-refractivity contribution in [3.8, 4) is 5.75 Å². The third-order valence-electron chi connectivity index (χ3n) is 10.2. The highest BCUT2D eigenvalue weighted by Crippen LogP contribution is 2.45. The smallest absolute Gasteiger partial charge is 0.425 e. The van der Waals surface area contributed by atoms with Crippen LogP contribution in [0.5, 0.6) is 5.75 Å². The number of likely N-dealkylation sites (tertiary alicyclic amines) is 2. The highest BCUT2D eigenvalue weighted by molar-refractivity contribution is 7.10. The minimum Gasteiger partial charge on any atom is -0.481 e. The van der Waals surface area contributed by atoms with E-state index in [0.717, 1.165) is 35.3 Å². The van der Waals surface area contributed by atoms with Crippen molar-refractivity contribution < 1.29 is 50.6 Å². The molecule has 0 saturated carbocycles. The number of aliphatic carboxylic acids is 1. The molecule has 0 unspecified atom stereocenters. The number of carbonyl (C=O) groups excluding carboxylic acids is 2. The first-order chi connectivity index (χ1) is 24.6. The molecule has 0 radical (unpaired) electrons. The van der Waals surface area contributed by atoms with Gasteiger partial charge in [0.25, 0.3) is 11.8 Å². The predicted octanol–water partition coefficient (Wildman–Crippen LogP) is 8.61. The number of aromatic nitrogens is 1. The molecule has 0 bridgehead atoms. The summed E-state index contributed by atoms with van der Waals surface area (Å²) >= 11 is 0.396. The zero-order chi connectivity index (χ0) is 37.7. The van der Waals surface area contributed by atoms with E-state index in [1.54, 1.807) is 11.8 Å². The highest BCUT2D eigenvalue weighted by Gasteiger charge is 2.56. The summed E-state index contributed by atoms with van der Waals surface area (Å²) in [7, 11) is 0. The van der Waals surface area contributed by atoms with Crippen molar-refractivity contribution in [2.75, 3.05) is 19.6 Å². The Labute approximate surface area is 301 Å². The number of benzene rings is 1. The number of hydrogen-bond donors (Lipinski definition) is 1. The predicted molar refractivity (Wildman–Crippen MR) is 181 cm³/mol. The summed E-state index contributed by atoms with van der Waals surface area (Å²) < 4.78 is 89.5. The van der Waals surface area contributed by atoms with E-state index < -0.39 is 57.9 Å². The summed E-state index contributed by atoms with van der Waals surface area (Å²) in [5.74, 6) is -2.69. The number of unbranched alkanes of at least 4 members (excludes halogenated alkanes) is 1. The molecule has 2 aromatic heterocycles. The van der Waals surface area contributed by atoms with Gasteiger partial charge in [0, 0.05) is 50.1 Å². The van der Waals surface area contributed by atoms with Gasteiger partial charge in [0.2, 0.25) is 5.60 Å². The van der Waals surface area contributed by atoms with Gasteiger partial charge in [-0.3, -0.25) is 19.4 Å². The van der Waals surface area contributed by atoms with Crippen molar-refractivity contribution >= 4 is 29.1 Å². The van der Waals surface area contributed by atoms with Crippen LogP contribution in [0.25, 0.3) is 0 Å². The van der Waals surface area contributed by atoms with Gasteiger partial charge in [-0.2, -0.15) is 26.3 Å². The Hall–Kier alpha value is -4.14. The first-order valence-corrected chi connectivity index (χ1v) is 18.2. The van der Waals surface area contributed by atoms with E-state index in [2.05, 4.69) is 4.98 Å². The van der Waals surface area contributed by atoms with E-state index in [1.807, 2.05) is 30.3 Å². The van der Waals surface area contributed by atoms with E-state index in [9.17, 15) is 40.7 Å². The first kappa shape index (κ1) is 39.1. The van der Waals surface area contributed by atoms with Crippen LogP contribution in [0.3, 0.4) is 0 Å². The van der Waals surface area contributed by atoms with E-state index in [4.69, 9.17) is 9.84 Å². The summed E-state index contributed by atoms with van der Waals surface area (Å²) in [5, 5.41) is 10.3. The van der Waals surface area contributed by atoms with Crippen LogP contribution >= 0.6 is 11.3 Å². The number of piperidine rings is 2. The second kappa shape index (κ2) is 15.8. The Bertz CT molecular complexity index is 1710. The molecule has 2 amide bonds. The van der Waals surface area contributed by atoms with Crippen LogP contribution in [0, 0.1) is 0 Å². The standard InChI is InChI=1S/C37H41F6N3O5S/c1-2-10-28-35(51-26-23-29(52-24-26)37(41,42)43,16-9-20-46(28)32(49)31-27(36(38,39)40)13-8-19-44-31)33(50)45-21-17-34(18-22-45,15-7-6-14-30(47)48)25-11-4-3-5-12-25/h3-5,8,11-13,19,23-24,28H,2,6-7,9-10,14-18,20-22H2,1H3,(H,47,48)/t28-,35+/m1/s1. The Kier molecular flexibility index (Phi) is 11.9. The number of pyridine rings is 1. The molecule has 4 heterocycles. The van der Waals surface area contributed by atoms with E-state index in [0.29, 0.717) is 49.9 Å². The number of amides is 2. The van der Waals surface area contributed by atoms with Gasteiger partial charge in [0.05, 0.1) is 11.6 Å². The van der Waals surface area contributed by atoms with Crippen LogP contribution in [0.4, 0.5) is 26.3 Å². The maximum Gasteiger partial charge on any atom is 0.425 e. The lowest BCUT2D eigenvalue weighted by molar-refractivity contribution is -0.161. The van der Waals surface area contributed by atoms with Gasteiger partial charge < -0.3 is 19.6 Å². The van der Waals surface area contributed by atoms with Gasteiger partial charge in [-0.05, 0) is 61.6 Å². The molecule has 0 aliphatic carbocycles. The largest absolute Gasteiger partial charge is 0.481 e. The highest BCUT2D eigenvalue weighted by atomic mass is 32.1. The molecule has 2 aliphatic heterocycles. The quantitative estimate of drug-likeness (QED) is 0.147. The van der Waals surface area contributed by atoms with Gasteiger partial charge in [0.1, 0.15) is 16.3 Å². The fraction of sp³-hybridized carbons (Fsp3) is 0.514. The Morgan fingerprint density at radius 3 is 2.29 bits per heavy atom. The maximum atomic E-state index is 15.0. The molecule has 5 rings (SSSR count). The molecule has 1 N–H and O–H groups in total. The Balaban J connectivity index is 1.51. The second-order valence-electron chi connectivity index (χ2n) is 13.5. The summed E-state index contributed by atoms with van der Waals surface area (Å²) in [6, 6.07) is 11.2. The lowest BCUT2D eigenvalue weighted by Gasteiger charge is -2.51. The summed E-state index contributed by atoms with van der Waals surface area (Å²) in [6.07, 6.45) is -4.99. The number of alkyl halides is 6. The number of ether oxygens (including phenoxy) is 1. The molecule has 1 aromatic carbocycles. The maximum absolute atomic E-state index is 15.0. The Morgan fingerprint density at radius 1 is 0.962 bits per heavy atom. The minimum atomic E-state index is -4.89. The van der Waals surface area contributed by atoms with Crippen LogP contribution in [0.15, 0.2) is 60.1 Å². The van der Waals surface area contributed by atoms with Crippen LogP contribution in [-0.2, 0) is 27.4 Å². The Morgan fingerprint density at radius 2 is 1.67 bits per heavy atom. The lowest BCUT2D eigenvalue weighted by atomic mass is 9.69. The molecule has 8 nitrogen and oxygen atoms in total. The molecule has 2 aliphatic rings. The van der Waals surface area contributed by atoms with Gasteiger partial charge >= 0.3 is 18.3 Å². The van der Waals surface area contributed by atoms with Gasteiger partial charge in [-0.25, -0.2) is 0 Å². The van der Waals surface area contributed by atoms with E-state index in [-0.39, 0.29) is 56.5 Å². The topological polar surface area (TPSA) is 100 Å².